The Balaban J connectivity index is 0.000000267. The molecule has 8 heteroatoms. The van der Waals surface area contributed by atoms with Gasteiger partial charge in [-0.25, -0.2) is 0 Å². The fraction of sp³-hybridized carbons (Fsp3) is 0. The Kier molecular flexibility index (Phi) is 4.28. The predicted molar refractivity (Wildman–Crippen MR) is 89.0 cm³/mol. The van der Waals surface area contributed by atoms with E-state index in [1.54, 1.807) is 53.5 Å². The minimum atomic E-state index is -4.31. The molecule has 0 unspecified atom stereocenters. The molecule has 0 aliphatic heterocycles. The number of hydrogen-bond donors (Lipinski definition) is 1. The van der Waals surface area contributed by atoms with Crippen LogP contribution >= 0.6 is 11.3 Å². The van der Waals surface area contributed by atoms with Gasteiger partial charge in [0.25, 0.3) is 10.1 Å². The molecule has 4 rings (SSSR count). The molecule has 3 aromatic heterocycles. The van der Waals surface area contributed by atoms with Crippen LogP contribution in [0.15, 0.2) is 64.7 Å². The van der Waals surface area contributed by atoms with Gasteiger partial charge >= 0.3 is 0 Å². The zero-order valence-corrected chi connectivity index (χ0v) is 13.3. The molecular weight excluding hydrogens is 334 g/mol. The van der Waals surface area contributed by atoms with Gasteiger partial charge in [-0.1, -0.05) is 6.07 Å². The third-order valence-electron chi connectivity index (χ3n) is 3.05. The van der Waals surface area contributed by atoms with Crippen molar-refractivity contribution in [3.63, 3.8) is 0 Å². The summed E-state index contributed by atoms with van der Waals surface area (Å²) < 4.78 is 32.0. The van der Waals surface area contributed by atoms with Gasteiger partial charge in [0.05, 0.1) is 16.5 Å². The zero-order valence-electron chi connectivity index (χ0n) is 11.7. The number of fused-ring (bicyclic) bond motifs is 3. The summed E-state index contributed by atoms with van der Waals surface area (Å²) in [5.41, 5.74) is 2.68. The molecule has 1 aromatic carbocycles. The second-order valence-electron chi connectivity index (χ2n) is 4.50. The summed E-state index contributed by atoms with van der Waals surface area (Å²) in [6.07, 6.45) is 4.87. The highest BCUT2D eigenvalue weighted by Gasteiger charge is 2.17. The molecule has 0 saturated heterocycles. The van der Waals surface area contributed by atoms with Crippen LogP contribution in [0, 0.1) is 0 Å². The second kappa shape index (κ2) is 6.37. The van der Waals surface area contributed by atoms with Crippen molar-refractivity contribution in [3.05, 3.63) is 59.8 Å². The number of nitrogens with zero attached hydrogens (tertiary/aromatic N) is 3. The topological polar surface area (TPSA) is 93.0 Å². The Morgan fingerprint density at radius 3 is 2.35 bits per heavy atom. The number of pyridine rings is 2. The minimum Gasteiger partial charge on any atom is -0.282 e. The van der Waals surface area contributed by atoms with E-state index in [9.17, 15) is 13.0 Å². The second-order valence-corrected chi connectivity index (χ2v) is 6.65. The average molecular weight is 345 g/mol. The van der Waals surface area contributed by atoms with Crippen molar-refractivity contribution in [2.75, 3.05) is 0 Å². The number of benzene rings is 1. The first-order chi connectivity index (χ1) is 11.1. The van der Waals surface area contributed by atoms with E-state index in [4.69, 9.17) is 0 Å². The Morgan fingerprint density at radius 2 is 1.74 bits per heavy atom. The number of aromatic nitrogens is 3. The summed E-state index contributed by atoms with van der Waals surface area (Å²) >= 11 is 1.60. The van der Waals surface area contributed by atoms with Gasteiger partial charge in [-0.15, -0.1) is 11.3 Å². The van der Waals surface area contributed by atoms with Gasteiger partial charge in [-0.2, -0.15) is 8.42 Å². The molecule has 1 N–H and O–H groups in total. The predicted octanol–water partition coefficient (Wildman–Crippen LogP) is 3.17. The molecule has 23 heavy (non-hydrogen) atoms. The number of thiazole rings is 1. The molecule has 0 atom stereocenters. The number of rotatable bonds is 1. The smallest absolute Gasteiger partial charge is 0.282 e. The third kappa shape index (κ3) is 3.34. The molecular formula is C15H11N3O3S2. The first kappa shape index (κ1) is 15.5. The van der Waals surface area contributed by atoms with Crippen LogP contribution in [0.4, 0.5) is 0 Å². The fourth-order valence-electron chi connectivity index (χ4n) is 2.13. The Hall–Kier alpha value is -2.42. The van der Waals surface area contributed by atoms with Gasteiger partial charge in [-0.05, 0) is 24.3 Å². The normalized spacial score (nSPS) is 11.2. The molecule has 0 aliphatic rings. The van der Waals surface area contributed by atoms with Crippen LogP contribution in [0.5, 0.6) is 0 Å². The molecule has 4 aromatic rings. The standard InChI is InChI=1S/C12H8N2O3S.C3H3NS/c15-18(16,17)10-7-8-3-1-5-13-11(8)9-4-2-6-14-12(9)10;1-2-5-3-4-1/h1-7H,(H,15,16,17);1-3H. The van der Waals surface area contributed by atoms with E-state index in [0.717, 1.165) is 0 Å². The summed E-state index contributed by atoms with van der Waals surface area (Å²) in [6.45, 7) is 0. The minimum absolute atomic E-state index is 0.196. The average Bonchev–Trinajstić information content (AvgIpc) is 3.13. The van der Waals surface area contributed by atoms with E-state index in [1.165, 1.54) is 12.3 Å². The lowest BCUT2D eigenvalue weighted by molar-refractivity contribution is 0.484. The molecule has 3 heterocycles. The zero-order chi connectivity index (χ0) is 16.3. The van der Waals surface area contributed by atoms with E-state index in [1.807, 2.05) is 5.38 Å². The van der Waals surface area contributed by atoms with Crippen LogP contribution < -0.4 is 0 Å². The Morgan fingerprint density at radius 1 is 1.00 bits per heavy atom. The molecule has 0 aliphatic carbocycles. The highest BCUT2D eigenvalue weighted by Crippen LogP contribution is 2.28. The fourth-order valence-corrected chi connectivity index (χ4v) is 3.17. The van der Waals surface area contributed by atoms with Crippen molar-refractivity contribution in [2.24, 2.45) is 0 Å². The van der Waals surface area contributed by atoms with Crippen LogP contribution in [0.1, 0.15) is 0 Å². The largest absolute Gasteiger partial charge is 0.296 e. The van der Waals surface area contributed by atoms with Crippen molar-refractivity contribution in [2.45, 2.75) is 4.90 Å². The van der Waals surface area contributed by atoms with Crippen LogP contribution in [-0.2, 0) is 10.1 Å². The summed E-state index contributed by atoms with van der Waals surface area (Å²) in [7, 11) is -4.31. The van der Waals surface area contributed by atoms with Crippen LogP contribution in [-0.4, -0.2) is 27.9 Å². The van der Waals surface area contributed by atoms with Crippen molar-refractivity contribution < 1.29 is 13.0 Å². The van der Waals surface area contributed by atoms with E-state index in [0.29, 0.717) is 16.3 Å². The highest BCUT2D eigenvalue weighted by atomic mass is 32.2. The van der Waals surface area contributed by atoms with Crippen LogP contribution in [0.2, 0.25) is 0 Å². The lowest BCUT2D eigenvalue weighted by Gasteiger charge is -2.06. The maximum atomic E-state index is 11.4. The Bertz CT molecular complexity index is 1030. The first-order valence-corrected chi connectivity index (χ1v) is 8.88. The third-order valence-corrected chi connectivity index (χ3v) is 4.44. The summed E-state index contributed by atoms with van der Waals surface area (Å²) in [5, 5.41) is 3.17. The molecule has 0 bridgehead atoms. The lowest BCUT2D eigenvalue weighted by Crippen LogP contribution is -2.01. The number of hydrogen-bond acceptors (Lipinski definition) is 6. The monoisotopic (exact) mass is 345 g/mol. The van der Waals surface area contributed by atoms with Gasteiger partial charge in [-0.3, -0.25) is 19.5 Å². The maximum absolute atomic E-state index is 11.4. The van der Waals surface area contributed by atoms with Crippen LogP contribution in [0.3, 0.4) is 0 Å². The van der Waals surface area contributed by atoms with Crippen molar-refractivity contribution >= 4 is 43.3 Å². The molecule has 0 spiro atoms. The van der Waals surface area contributed by atoms with E-state index >= 15 is 0 Å². The van der Waals surface area contributed by atoms with Crippen LogP contribution in [0.25, 0.3) is 21.8 Å². The molecule has 0 saturated carbocycles. The molecule has 6 nitrogen and oxygen atoms in total. The summed E-state index contributed by atoms with van der Waals surface area (Å²) in [4.78, 5) is 11.8. The Labute approximate surface area is 136 Å². The van der Waals surface area contributed by atoms with E-state index < -0.39 is 10.1 Å². The lowest BCUT2D eigenvalue weighted by atomic mass is 10.1. The van der Waals surface area contributed by atoms with E-state index in [2.05, 4.69) is 15.0 Å². The van der Waals surface area contributed by atoms with Gasteiger partial charge in [0.2, 0.25) is 0 Å². The highest BCUT2D eigenvalue weighted by molar-refractivity contribution is 7.86. The molecule has 0 radical (unpaired) electrons. The maximum Gasteiger partial charge on any atom is 0.296 e. The quantitative estimate of drug-likeness (QED) is 0.421. The van der Waals surface area contributed by atoms with Gasteiger partial charge in [0.1, 0.15) is 4.90 Å². The van der Waals surface area contributed by atoms with E-state index in [-0.39, 0.29) is 10.4 Å². The first-order valence-electron chi connectivity index (χ1n) is 6.49. The van der Waals surface area contributed by atoms with Crippen molar-refractivity contribution in [1.29, 1.82) is 0 Å². The van der Waals surface area contributed by atoms with Crippen molar-refractivity contribution in [3.8, 4) is 0 Å². The van der Waals surface area contributed by atoms with Gasteiger partial charge in [0, 0.05) is 34.7 Å². The SMILES string of the molecule is O=S(=O)(O)c1cc2cccnc2c2cccnc12.c1cscn1. The van der Waals surface area contributed by atoms with Gasteiger partial charge < -0.3 is 0 Å². The summed E-state index contributed by atoms with van der Waals surface area (Å²) in [5.74, 6) is 0. The van der Waals surface area contributed by atoms with Gasteiger partial charge in [0.15, 0.2) is 0 Å². The van der Waals surface area contributed by atoms with Crippen molar-refractivity contribution in [1.82, 2.24) is 15.0 Å². The summed E-state index contributed by atoms with van der Waals surface area (Å²) in [6, 6.07) is 8.26. The molecule has 0 amide bonds. The molecule has 116 valence electrons. The molecule has 0 fully saturated rings.